The zero-order chi connectivity index (χ0) is 21.0. The third-order valence-corrected chi connectivity index (χ3v) is 5.90. The van der Waals surface area contributed by atoms with Crippen LogP contribution in [0.2, 0.25) is 0 Å². The monoisotopic (exact) mass is 414 g/mol. The van der Waals surface area contributed by atoms with Gasteiger partial charge in [-0.25, -0.2) is 0 Å². The molecule has 1 saturated carbocycles. The molecule has 2 fully saturated rings. The van der Waals surface area contributed by atoms with E-state index in [9.17, 15) is 22.8 Å². The molecule has 3 rings (SSSR count). The van der Waals surface area contributed by atoms with Crippen LogP contribution in [0.25, 0.3) is 0 Å². The summed E-state index contributed by atoms with van der Waals surface area (Å²) in [6, 6.07) is 0. The number of aliphatic imine (C=N–C) groups is 1. The van der Waals surface area contributed by atoms with Gasteiger partial charge in [-0.3, -0.25) is 19.5 Å². The standard InChI is InChI=1S/C20H29F3N4O2/c1-2-24-19(25-9-4-3-8-20(21,22)23)26-10-5-11-27-17(28)15-13-6-7-14(12-13)16(15)18(27)29/h6-7,13-16H,2-5,8-12H2,1H3,(H2,24,25,26). The van der Waals surface area contributed by atoms with Gasteiger partial charge < -0.3 is 10.6 Å². The van der Waals surface area contributed by atoms with Crippen molar-refractivity contribution in [2.45, 2.75) is 45.2 Å². The Labute approximate surface area is 169 Å². The fourth-order valence-electron chi connectivity index (χ4n) is 4.60. The molecule has 4 atom stereocenters. The highest BCUT2D eigenvalue weighted by Gasteiger charge is 2.58. The molecule has 162 valence electrons. The predicted octanol–water partition coefficient (Wildman–Crippen LogP) is 2.47. The normalized spacial score (nSPS) is 28.4. The van der Waals surface area contributed by atoms with E-state index in [1.54, 1.807) is 0 Å². The largest absolute Gasteiger partial charge is 0.389 e. The fraction of sp³-hybridized carbons (Fsp3) is 0.750. The second kappa shape index (κ2) is 9.17. The van der Waals surface area contributed by atoms with Gasteiger partial charge in [-0.15, -0.1) is 0 Å². The smallest absolute Gasteiger partial charge is 0.357 e. The van der Waals surface area contributed by atoms with Gasteiger partial charge in [0.05, 0.1) is 11.8 Å². The highest BCUT2D eigenvalue weighted by atomic mass is 19.4. The molecular formula is C20H29F3N4O2. The van der Waals surface area contributed by atoms with E-state index in [1.807, 2.05) is 6.92 Å². The van der Waals surface area contributed by atoms with E-state index in [4.69, 9.17) is 0 Å². The summed E-state index contributed by atoms with van der Waals surface area (Å²) < 4.78 is 36.5. The summed E-state index contributed by atoms with van der Waals surface area (Å²) in [6.45, 7) is 3.73. The lowest BCUT2D eigenvalue weighted by Crippen LogP contribution is -2.38. The Hall–Kier alpha value is -2.06. The topological polar surface area (TPSA) is 73.8 Å². The van der Waals surface area contributed by atoms with E-state index in [-0.39, 0.29) is 41.9 Å². The Morgan fingerprint density at radius 3 is 2.34 bits per heavy atom. The third-order valence-electron chi connectivity index (χ3n) is 5.90. The second-order valence-corrected chi connectivity index (χ2v) is 7.94. The van der Waals surface area contributed by atoms with Crippen LogP contribution in [0.15, 0.2) is 17.1 Å². The minimum absolute atomic E-state index is 0.0458. The molecule has 4 unspecified atom stereocenters. The molecule has 2 aliphatic carbocycles. The van der Waals surface area contributed by atoms with E-state index < -0.39 is 12.6 Å². The van der Waals surface area contributed by atoms with Crippen molar-refractivity contribution in [3.05, 3.63) is 12.2 Å². The molecule has 1 aliphatic heterocycles. The van der Waals surface area contributed by atoms with Crippen molar-refractivity contribution >= 4 is 17.8 Å². The summed E-state index contributed by atoms with van der Waals surface area (Å²) in [5.41, 5.74) is 0. The van der Waals surface area contributed by atoms with Crippen molar-refractivity contribution in [3.8, 4) is 0 Å². The van der Waals surface area contributed by atoms with E-state index in [0.29, 0.717) is 45.0 Å². The van der Waals surface area contributed by atoms with Gasteiger partial charge in [-0.2, -0.15) is 13.2 Å². The molecule has 0 aromatic heterocycles. The Bertz CT molecular complexity index is 647. The van der Waals surface area contributed by atoms with Crippen LogP contribution in [-0.4, -0.2) is 55.0 Å². The summed E-state index contributed by atoms with van der Waals surface area (Å²) >= 11 is 0. The number of nitrogens with one attached hydrogen (secondary N) is 2. The zero-order valence-electron chi connectivity index (χ0n) is 16.7. The van der Waals surface area contributed by atoms with Crippen molar-refractivity contribution in [3.63, 3.8) is 0 Å². The molecule has 1 saturated heterocycles. The van der Waals surface area contributed by atoms with Gasteiger partial charge in [0, 0.05) is 32.6 Å². The molecule has 0 radical (unpaired) electrons. The van der Waals surface area contributed by atoms with Crippen LogP contribution in [0.1, 0.15) is 39.0 Å². The minimum Gasteiger partial charge on any atom is -0.357 e. The van der Waals surface area contributed by atoms with Crippen molar-refractivity contribution in [1.29, 1.82) is 0 Å². The van der Waals surface area contributed by atoms with Crippen LogP contribution >= 0.6 is 0 Å². The molecule has 2 N–H and O–H groups in total. The zero-order valence-corrected chi connectivity index (χ0v) is 16.7. The summed E-state index contributed by atoms with van der Waals surface area (Å²) in [4.78, 5) is 31.0. The van der Waals surface area contributed by atoms with Gasteiger partial charge >= 0.3 is 6.18 Å². The number of carbonyl (C=O) groups is 2. The molecule has 2 bridgehead atoms. The molecule has 3 aliphatic rings. The van der Waals surface area contributed by atoms with Crippen LogP contribution in [0.3, 0.4) is 0 Å². The molecule has 2 amide bonds. The number of hydrogen-bond donors (Lipinski definition) is 2. The average molecular weight is 414 g/mol. The number of unbranched alkanes of at least 4 members (excludes halogenated alkanes) is 1. The summed E-state index contributed by atoms with van der Waals surface area (Å²) in [6.07, 6.45) is 1.22. The lowest BCUT2D eigenvalue weighted by molar-refractivity contribution is -0.141. The number of nitrogens with zero attached hydrogens (tertiary/aromatic N) is 2. The minimum atomic E-state index is -4.11. The highest BCUT2D eigenvalue weighted by molar-refractivity contribution is 6.06. The first-order chi connectivity index (χ1) is 13.8. The van der Waals surface area contributed by atoms with Crippen LogP contribution < -0.4 is 10.6 Å². The third kappa shape index (κ3) is 5.11. The van der Waals surface area contributed by atoms with Crippen molar-refractivity contribution in [2.24, 2.45) is 28.7 Å². The van der Waals surface area contributed by atoms with Gasteiger partial charge in [-0.1, -0.05) is 12.2 Å². The first-order valence-corrected chi connectivity index (χ1v) is 10.4. The summed E-state index contributed by atoms with van der Waals surface area (Å²) in [5, 5.41) is 6.07. The van der Waals surface area contributed by atoms with E-state index in [2.05, 4.69) is 27.8 Å². The maximum atomic E-state index is 12.6. The van der Waals surface area contributed by atoms with Gasteiger partial charge in [0.25, 0.3) is 0 Å². The molecule has 9 heteroatoms. The number of carbonyl (C=O) groups excluding carboxylic acids is 2. The maximum Gasteiger partial charge on any atom is 0.389 e. The average Bonchev–Trinajstić information content (AvgIpc) is 3.32. The van der Waals surface area contributed by atoms with Crippen molar-refractivity contribution in [1.82, 2.24) is 15.5 Å². The number of likely N-dealkylation sites (tertiary alicyclic amines) is 1. The van der Waals surface area contributed by atoms with Gasteiger partial charge in [0.1, 0.15) is 0 Å². The quantitative estimate of drug-likeness (QED) is 0.200. The number of allylic oxidation sites excluding steroid dienone is 2. The molecule has 0 aromatic carbocycles. The highest BCUT2D eigenvalue weighted by Crippen LogP contribution is 2.52. The Morgan fingerprint density at radius 1 is 1.10 bits per heavy atom. The van der Waals surface area contributed by atoms with E-state index >= 15 is 0 Å². The molecule has 29 heavy (non-hydrogen) atoms. The predicted molar refractivity (Wildman–Crippen MR) is 103 cm³/mol. The second-order valence-electron chi connectivity index (χ2n) is 7.94. The number of rotatable bonds is 9. The first-order valence-electron chi connectivity index (χ1n) is 10.4. The SMILES string of the molecule is CCNC(=NCCCN1C(=O)C2C3C=CC(C3)C2C1=O)NCCCCC(F)(F)F. The summed E-state index contributed by atoms with van der Waals surface area (Å²) in [7, 11) is 0. The van der Waals surface area contributed by atoms with Crippen LogP contribution in [0.4, 0.5) is 13.2 Å². The lowest BCUT2D eigenvalue weighted by Gasteiger charge is -2.17. The molecule has 1 heterocycles. The van der Waals surface area contributed by atoms with Crippen molar-refractivity contribution in [2.75, 3.05) is 26.2 Å². The number of amides is 2. The maximum absolute atomic E-state index is 12.6. The number of guanidine groups is 1. The molecule has 0 spiro atoms. The number of hydrogen-bond acceptors (Lipinski definition) is 3. The van der Waals surface area contributed by atoms with Crippen LogP contribution in [0, 0.1) is 23.7 Å². The number of alkyl halides is 3. The van der Waals surface area contributed by atoms with Gasteiger partial charge in [0.15, 0.2) is 5.96 Å². The Morgan fingerprint density at radius 2 is 1.76 bits per heavy atom. The molecule has 0 aromatic rings. The van der Waals surface area contributed by atoms with E-state index in [0.717, 1.165) is 6.42 Å². The fourth-order valence-corrected chi connectivity index (χ4v) is 4.60. The van der Waals surface area contributed by atoms with Gasteiger partial charge in [0.2, 0.25) is 11.8 Å². The number of fused-ring (bicyclic) bond motifs is 5. The van der Waals surface area contributed by atoms with Crippen molar-refractivity contribution < 1.29 is 22.8 Å². The lowest BCUT2D eigenvalue weighted by atomic mass is 9.85. The first kappa shape index (κ1) is 21.6. The number of halogens is 3. The molecular weight excluding hydrogens is 385 g/mol. The Balaban J connectivity index is 1.40. The Kier molecular flexibility index (Phi) is 6.85. The number of imide groups is 1. The van der Waals surface area contributed by atoms with E-state index in [1.165, 1.54) is 4.90 Å². The van der Waals surface area contributed by atoms with Crippen LogP contribution in [0.5, 0.6) is 0 Å². The van der Waals surface area contributed by atoms with Crippen LogP contribution in [-0.2, 0) is 9.59 Å². The van der Waals surface area contributed by atoms with Gasteiger partial charge in [-0.05, 0) is 44.4 Å². The summed E-state index contributed by atoms with van der Waals surface area (Å²) in [5.74, 6) is 0.537. The molecule has 6 nitrogen and oxygen atoms in total.